The van der Waals surface area contributed by atoms with Gasteiger partial charge in [0.25, 0.3) is 0 Å². The SMILES string of the molecule is [2H]C1([2H])NC([2H])([2H])C([2H])(C([2H])([2H])C(=O)O)C([2H])([2H])C1([2H])[2H]. The quantitative estimate of drug-likeness (QED) is 0.607. The molecular weight excluding hydrogens is 130 g/mol. The Labute approximate surface area is 75.9 Å². The van der Waals surface area contributed by atoms with E-state index >= 15 is 0 Å². The summed E-state index contributed by atoms with van der Waals surface area (Å²) in [7, 11) is 0. The van der Waals surface area contributed by atoms with Crippen molar-refractivity contribution < 1.29 is 25.0 Å². The molecule has 10 heavy (non-hydrogen) atoms. The van der Waals surface area contributed by atoms with Gasteiger partial charge >= 0.3 is 5.97 Å². The lowest BCUT2D eigenvalue weighted by Gasteiger charge is -2.20. The summed E-state index contributed by atoms with van der Waals surface area (Å²) < 4.78 is 82.6. The molecule has 1 unspecified atom stereocenters. The normalized spacial score (nSPS) is 71.4. The third-order valence-corrected chi connectivity index (χ3v) is 0.732. The van der Waals surface area contributed by atoms with Crippen LogP contribution < -0.4 is 5.32 Å². The Balaban J connectivity index is 3.76. The Bertz CT molecular complexity index is 475. The summed E-state index contributed by atoms with van der Waals surface area (Å²) in [6.45, 7) is -6.80. The monoisotopic (exact) mass is 154 g/mol. The number of nitrogens with one attached hydrogen (secondary N) is 1. The molecular formula is C7H13NO2. The molecule has 0 bridgehead atoms. The lowest BCUT2D eigenvalue weighted by molar-refractivity contribution is -0.138. The smallest absolute Gasteiger partial charge is 0.303 e. The molecule has 2 N–H and O–H groups in total. The second kappa shape index (κ2) is 3.56. The number of rotatable bonds is 2. The van der Waals surface area contributed by atoms with Crippen LogP contribution in [0.25, 0.3) is 0 Å². The molecule has 0 spiro atoms. The highest BCUT2D eigenvalue weighted by atomic mass is 16.4. The van der Waals surface area contributed by atoms with Crippen molar-refractivity contribution in [1.82, 2.24) is 5.32 Å². The lowest BCUT2D eigenvalue weighted by Crippen LogP contribution is -2.30. The number of carboxylic acid groups (broad SMARTS) is 1. The van der Waals surface area contributed by atoms with Crippen LogP contribution in [0, 0.1) is 5.89 Å². The van der Waals surface area contributed by atoms with Crippen molar-refractivity contribution in [3.8, 4) is 0 Å². The summed E-state index contributed by atoms with van der Waals surface area (Å²) in [5, 5.41) is 10.2. The van der Waals surface area contributed by atoms with Crippen molar-refractivity contribution >= 4 is 5.97 Å². The van der Waals surface area contributed by atoms with Crippen molar-refractivity contribution in [3.05, 3.63) is 0 Å². The van der Waals surface area contributed by atoms with Gasteiger partial charge in [-0.2, -0.15) is 0 Å². The topological polar surface area (TPSA) is 49.3 Å². The molecule has 1 saturated heterocycles. The van der Waals surface area contributed by atoms with Crippen LogP contribution in [0.3, 0.4) is 0 Å². The van der Waals surface area contributed by atoms with Gasteiger partial charge in [0.05, 0.1) is 0 Å². The minimum atomic E-state index is -3.84. The molecule has 0 aromatic heterocycles. The van der Waals surface area contributed by atoms with E-state index in [0.29, 0.717) is 0 Å². The maximum atomic E-state index is 11.0. The van der Waals surface area contributed by atoms with Gasteiger partial charge in [-0.05, 0) is 31.6 Å². The molecule has 3 heteroatoms. The third kappa shape index (κ3) is 2.35. The van der Waals surface area contributed by atoms with Gasteiger partial charge in [0, 0.05) is 21.5 Å². The van der Waals surface area contributed by atoms with Crippen LogP contribution >= 0.6 is 0 Å². The van der Waals surface area contributed by atoms with E-state index in [1.807, 2.05) is 0 Å². The number of carbonyl (C=O) groups is 1. The van der Waals surface area contributed by atoms with E-state index in [-0.39, 0.29) is 0 Å². The Kier molecular flexibility index (Phi) is 0.572. The molecule has 58 valence electrons. The molecule has 1 aliphatic rings. The minimum absolute atomic E-state index is 1.39. The number of carboxylic acids is 1. The first-order chi connectivity index (χ1) is 8.90. The Hall–Kier alpha value is -0.570. The summed E-state index contributed by atoms with van der Waals surface area (Å²) in [5.41, 5.74) is 0. The van der Waals surface area contributed by atoms with Crippen molar-refractivity contribution in [2.24, 2.45) is 5.89 Å². The molecule has 0 radical (unpaired) electrons. The van der Waals surface area contributed by atoms with E-state index in [1.165, 1.54) is 5.32 Å². The van der Waals surface area contributed by atoms with Gasteiger partial charge in [0.15, 0.2) is 0 Å². The van der Waals surface area contributed by atoms with Crippen LogP contribution in [0.4, 0.5) is 0 Å². The highest BCUT2D eigenvalue weighted by molar-refractivity contribution is 5.67. The van der Waals surface area contributed by atoms with E-state index in [1.54, 1.807) is 0 Å². The average Bonchev–Trinajstić information content (AvgIpc) is 2.23. The van der Waals surface area contributed by atoms with Crippen molar-refractivity contribution in [1.29, 1.82) is 0 Å². The molecule has 1 atom stereocenters. The van der Waals surface area contributed by atoms with Crippen LogP contribution in [0.5, 0.6) is 0 Å². The van der Waals surface area contributed by atoms with Crippen LogP contribution in [0.2, 0.25) is 0 Å². The van der Waals surface area contributed by atoms with Gasteiger partial charge < -0.3 is 10.4 Å². The first-order valence-corrected chi connectivity index (χ1v) is 2.43. The van der Waals surface area contributed by atoms with Crippen molar-refractivity contribution in [2.75, 3.05) is 13.0 Å². The predicted octanol–water partition coefficient (Wildman–Crippen LogP) is 0.461. The largest absolute Gasteiger partial charge is 0.481 e. The molecule has 0 amide bonds. The van der Waals surface area contributed by atoms with E-state index in [2.05, 4.69) is 0 Å². The zero-order valence-corrected chi connectivity index (χ0v) is 4.86. The summed E-state index contributed by atoms with van der Waals surface area (Å²) in [5.74, 6) is -6.15. The second-order valence-corrected chi connectivity index (χ2v) is 1.43. The summed E-state index contributed by atoms with van der Waals surface area (Å²) >= 11 is 0. The molecule has 1 fully saturated rings. The lowest BCUT2D eigenvalue weighted by atomic mass is 9.96. The first kappa shape index (κ1) is 1.61. The molecule has 1 rings (SSSR count). The Morgan fingerprint density at radius 2 is 2.90 bits per heavy atom. The standard InChI is InChI=1S/C7H13NO2/c9-7(10)4-6-2-1-3-8-5-6/h6,8H,1-5H2,(H,9,10)/i1D2,2D2,3D2,4D2,5D2,6D. The van der Waals surface area contributed by atoms with E-state index in [9.17, 15) is 4.79 Å². The van der Waals surface area contributed by atoms with E-state index in [0.717, 1.165) is 0 Å². The number of hydrogen-bond donors (Lipinski definition) is 2. The number of piperidine rings is 1. The van der Waals surface area contributed by atoms with Gasteiger partial charge in [-0.15, -0.1) is 0 Å². The molecule has 0 aliphatic carbocycles. The zero-order chi connectivity index (χ0) is 17.3. The molecule has 0 aromatic rings. The molecule has 0 saturated carbocycles. The van der Waals surface area contributed by atoms with Gasteiger partial charge in [-0.25, -0.2) is 0 Å². The summed E-state index contributed by atoms with van der Waals surface area (Å²) in [6.07, 6.45) is -11.2. The fraction of sp³-hybridized carbons (Fsp3) is 0.857. The van der Waals surface area contributed by atoms with Gasteiger partial charge in [-0.3, -0.25) is 4.79 Å². The first-order valence-electron chi connectivity index (χ1n) is 7.93. The van der Waals surface area contributed by atoms with E-state index < -0.39 is 44.0 Å². The van der Waals surface area contributed by atoms with Gasteiger partial charge in [0.1, 0.15) is 0 Å². The zero-order valence-electron chi connectivity index (χ0n) is 15.9. The van der Waals surface area contributed by atoms with E-state index in [4.69, 9.17) is 20.2 Å². The van der Waals surface area contributed by atoms with Crippen molar-refractivity contribution in [3.63, 3.8) is 0 Å². The summed E-state index contributed by atoms with van der Waals surface area (Å²) in [4.78, 5) is 11.0. The minimum Gasteiger partial charge on any atom is -0.481 e. The highest BCUT2D eigenvalue weighted by Crippen LogP contribution is 2.13. The molecule has 0 aromatic carbocycles. The van der Waals surface area contributed by atoms with Crippen molar-refractivity contribution in [2.45, 2.75) is 19.1 Å². The number of hydrogen-bond acceptors (Lipinski definition) is 2. The van der Waals surface area contributed by atoms with Gasteiger partial charge in [-0.1, -0.05) is 0 Å². The third-order valence-electron chi connectivity index (χ3n) is 0.732. The second-order valence-electron chi connectivity index (χ2n) is 1.43. The molecule has 1 heterocycles. The van der Waals surface area contributed by atoms with Crippen LogP contribution in [0.15, 0.2) is 0 Å². The fourth-order valence-corrected chi connectivity index (χ4v) is 0.419. The Morgan fingerprint density at radius 1 is 2.10 bits per heavy atom. The average molecular weight is 154 g/mol. The predicted molar refractivity (Wildman–Crippen MR) is 37.8 cm³/mol. The van der Waals surface area contributed by atoms with Crippen LogP contribution in [0.1, 0.15) is 34.2 Å². The summed E-state index contributed by atoms with van der Waals surface area (Å²) in [6, 6.07) is 0. The maximum Gasteiger partial charge on any atom is 0.303 e. The Morgan fingerprint density at radius 3 is 3.60 bits per heavy atom. The molecule has 3 nitrogen and oxygen atoms in total. The van der Waals surface area contributed by atoms with Crippen LogP contribution in [-0.2, 0) is 4.79 Å². The highest BCUT2D eigenvalue weighted by Gasteiger charge is 2.15. The maximum absolute atomic E-state index is 11.0. The number of aliphatic carboxylic acids is 1. The van der Waals surface area contributed by atoms with Crippen LogP contribution in [-0.4, -0.2) is 24.1 Å². The van der Waals surface area contributed by atoms with Gasteiger partial charge in [0.2, 0.25) is 0 Å². The molecule has 1 aliphatic heterocycles. The fourth-order valence-electron chi connectivity index (χ4n) is 0.419.